The van der Waals surface area contributed by atoms with Crippen LogP contribution in [0.3, 0.4) is 0 Å². The second-order valence-electron chi connectivity index (χ2n) is 2.85. The molecule has 1 aromatic carbocycles. The Morgan fingerprint density at radius 1 is 1.27 bits per heavy atom. The zero-order chi connectivity index (χ0) is 11.3. The zero-order valence-corrected chi connectivity index (χ0v) is 7.79. The van der Waals surface area contributed by atoms with Crippen LogP contribution in [0.15, 0.2) is 23.3 Å². The van der Waals surface area contributed by atoms with Crippen LogP contribution in [0, 0.1) is 0 Å². The van der Waals surface area contributed by atoms with Gasteiger partial charge in [-0.15, -0.1) is 0 Å². The van der Waals surface area contributed by atoms with Crippen LogP contribution < -0.4 is 0 Å². The Morgan fingerprint density at radius 2 is 1.80 bits per heavy atom. The van der Waals surface area contributed by atoms with Gasteiger partial charge >= 0.3 is 0 Å². The van der Waals surface area contributed by atoms with Crippen molar-refractivity contribution in [2.75, 3.05) is 0 Å². The number of aliphatic hydroxyl groups is 2. The predicted octanol–water partition coefficient (Wildman–Crippen LogP) is 1.12. The minimum Gasteiger partial charge on any atom is -0.392 e. The summed E-state index contributed by atoms with van der Waals surface area (Å²) >= 11 is 0. The van der Waals surface area contributed by atoms with Gasteiger partial charge in [-0.1, -0.05) is 6.07 Å². The first-order chi connectivity index (χ1) is 7.21. The maximum atomic E-state index is 11.2. The molecule has 0 aliphatic heterocycles. The molecule has 0 aromatic heterocycles. The van der Waals surface area contributed by atoms with Crippen LogP contribution in [0.1, 0.15) is 21.5 Å². The smallest absolute Gasteiger partial charge is 0.249 e. The maximum Gasteiger partial charge on any atom is 0.249 e. The number of amides is 1. The molecule has 15 heavy (non-hydrogen) atoms. The summed E-state index contributed by atoms with van der Waals surface area (Å²) in [6.45, 7) is -0.491. The summed E-state index contributed by atoms with van der Waals surface area (Å²) in [5.74, 6) is -0.734. The van der Waals surface area contributed by atoms with E-state index in [9.17, 15) is 4.79 Å². The minimum atomic E-state index is -0.734. The molecule has 6 heteroatoms. The highest BCUT2D eigenvalue weighted by atomic mass is 16.3. The Labute approximate surface area is 85.4 Å². The lowest BCUT2D eigenvalue weighted by Gasteiger charge is -2.03. The Bertz CT molecular complexity index is 402. The van der Waals surface area contributed by atoms with Crippen molar-refractivity contribution < 1.29 is 15.0 Å². The van der Waals surface area contributed by atoms with E-state index in [-0.39, 0.29) is 18.8 Å². The van der Waals surface area contributed by atoms with Gasteiger partial charge in [0, 0.05) is 10.5 Å². The van der Waals surface area contributed by atoms with E-state index in [0.717, 1.165) is 0 Å². The first kappa shape index (κ1) is 11.2. The van der Waals surface area contributed by atoms with Gasteiger partial charge in [0.1, 0.15) is 0 Å². The topological polar surface area (TPSA) is 106 Å². The maximum absolute atomic E-state index is 11.2. The molecule has 0 radical (unpaired) electrons. The molecule has 1 aromatic rings. The van der Waals surface area contributed by atoms with Crippen molar-refractivity contribution in [2.24, 2.45) is 5.11 Å². The molecule has 0 saturated heterocycles. The molecule has 0 atom stereocenters. The quantitative estimate of drug-likeness (QED) is 0.440. The molecule has 0 saturated carbocycles. The Morgan fingerprint density at radius 3 is 2.20 bits per heavy atom. The first-order valence-corrected chi connectivity index (χ1v) is 4.15. The number of hydrogen-bond acceptors (Lipinski definition) is 3. The lowest BCUT2D eigenvalue weighted by Crippen LogP contribution is -1.98. The SMILES string of the molecule is [N-]=[N+]=NC(=O)c1cc(CO)cc(CO)c1. The lowest BCUT2D eigenvalue weighted by molar-refractivity contribution is 0.1000. The van der Waals surface area contributed by atoms with Crippen LogP contribution >= 0.6 is 0 Å². The molecule has 0 heterocycles. The average molecular weight is 207 g/mol. The Balaban J connectivity index is 3.17. The molecular weight excluding hydrogens is 198 g/mol. The van der Waals surface area contributed by atoms with Gasteiger partial charge in [-0.2, -0.15) is 0 Å². The first-order valence-electron chi connectivity index (χ1n) is 4.15. The van der Waals surface area contributed by atoms with Gasteiger partial charge in [0.15, 0.2) is 0 Å². The molecule has 0 fully saturated rings. The van der Waals surface area contributed by atoms with Crippen molar-refractivity contribution in [3.05, 3.63) is 45.3 Å². The molecule has 6 nitrogen and oxygen atoms in total. The second kappa shape index (κ2) is 5.11. The van der Waals surface area contributed by atoms with Gasteiger partial charge < -0.3 is 10.2 Å². The van der Waals surface area contributed by atoms with E-state index >= 15 is 0 Å². The fraction of sp³-hybridized carbons (Fsp3) is 0.222. The van der Waals surface area contributed by atoms with E-state index in [1.165, 1.54) is 12.1 Å². The summed E-state index contributed by atoms with van der Waals surface area (Å²) in [6.07, 6.45) is 0. The highest BCUT2D eigenvalue weighted by Crippen LogP contribution is 2.12. The van der Waals surface area contributed by atoms with Gasteiger partial charge in [0.25, 0.3) is 0 Å². The van der Waals surface area contributed by atoms with Crippen molar-refractivity contribution in [3.8, 4) is 0 Å². The van der Waals surface area contributed by atoms with E-state index in [4.69, 9.17) is 15.7 Å². The van der Waals surface area contributed by atoms with Crippen molar-refractivity contribution >= 4 is 5.91 Å². The van der Waals surface area contributed by atoms with Crippen molar-refractivity contribution in [1.82, 2.24) is 0 Å². The van der Waals surface area contributed by atoms with Crippen LogP contribution in [-0.4, -0.2) is 16.1 Å². The van der Waals surface area contributed by atoms with Crippen molar-refractivity contribution in [3.63, 3.8) is 0 Å². The highest BCUT2D eigenvalue weighted by molar-refractivity contribution is 5.95. The van der Waals surface area contributed by atoms with Crippen LogP contribution in [-0.2, 0) is 13.2 Å². The van der Waals surface area contributed by atoms with E-state index in [1.807, 2.05) is 0 Å². The summed E-state index contributed by atoms with van der Waals surface area (Å²) < 4.78 is 0. The van der Waals surface area contributed by atoms with Crippen LogP contribution in [0.25, 0.3) is 10.4 Å². The largest absolute Gasteiger partial charge is 0.392 e. The number of aliphatic hydroxyl groups excluding tert-OH is 2. The summed E-state index contributed by atoms with van der Waals surface area (Å²) in [7, 11) is 0. The van der Waals surface area contributed by atoms with E-state index < -0.39 is 5.91 Å². The van der Waals surface area contributed by atoms with E-state index in [2.05, 4.69) is 10.0 Å². The van der Waals surface area contributed by atoms with Gasteiger partial charge in [0.2, 0.25) is 5.91 Å². The van der Waals surface area contributed by atoms with Gasteiger partial charge in [-0.25, -0.2) is 0 Å². The van der Waals surface area contributed by atoms with Crippen molar-refractivity contribution in [1.29, 1.82) is 0 Å². The number of rotatable bonds is 3. The molecule has 0 aliphatic rings. The standard InChI is InChI=1S/C9H9N3O3/c10-12-11-9(15)8-2-6(4-13)1-7(3-8)5-14/h1-3,13-14H,4-5H2. The fourth-order valence-electron chi connectivity index (χ4n) is 1.17. The number of nitrogens with zero attached hydrogens (tertiary/aromatic N) is 3. The molecule has 78 valence electrons. The summed E-state index contributed by atoms with van der Waals surface area (Å²) in [4.78, 5) is 13.6. The summed E-state index contributed by atoms with van der Waals surface area (Å²) in [5, 5.41) is 20.7. The number of azide groups is 1. The summed E-state index contributed by atoms with van der Waals surface area (Å²) in [5.41, 5.74) is 9.21. The number of carbonyl (C=O) groups is 1. The zero-order valence-electron chi connectivity index (χ0n) is 7.79. The molecule has 0 bridgehead atoms. The van der Waals surface area contributed by atoms with E-state index in [0.29, 0.717) is 11.1 Å². The number of hydrogen-bond donors (Lipinski definition) is 2. The normalized spacial score (nSPS) is 9.47. The molecule has 2 N–H and O–H groups in total. The average Bonchev–Trinajstić information content (AvgIpc) is 2.28. The molecule has 0 aliphatic carbocycles. The molecule has 0 unspecified atom stereocenters. The number of carbonyl (C=O) groups excluding carboxylic acids is 1. The monoisotopic (exact) mass is 207 g/mol. The third-order valence-corrected chi connectivity index (χ3v) is 1.80. The second-order valence-corrected chi connectivity index (χ2v) is 2.85. The fourth-order valence-corrected chi connectivity index (χ4v) is 1.17. The molecule has 0 spiro atoms. The number of benzene rings is 1. The lowest BCUT2D eigenvalue weighted by atomic mass is 10.1. The van der Waals surface area contributed by atoms with Crippen LogP contribution in [0.5, 0.6) is 0 Å². The predicted molar refractivity (Wildman–Crippen MR) is 51.8 cm³/mol. The van der Waals surface area contributed by atoms with E-state index in [1.54, 1.807) is 6.07 Å². The molecular formula is C9H9N3O3. The third-order valence-electron chi connectivity index (χ3n) is 1.80. The van der Waals surface area contributed by atoms with Crippen LogP contribution in [0.2, 0.25) is 0 Å². The Kier molecular flexibility index (Phi) is 3.82. The van der Waals surface area contributed by atoms with Gasteiger partial charge in [-0.3, -0.25) is 4.79 Å². The third kappa shape index (κ3) is 2.78. The molecule has 1 rings (SSSR count). The summed E-state index contributed by atoms with van der Waals surface area (Å²) in [6, 6.07) is 4.39. The van der Waals surface area contributed by atoms with Gasteiger partial charge in [0.05, 0.1) is 13.2 Å². The Hall–Kier alpha value is -1.88. The highest BCUT2D eigenvalue weighted by Gasteiger charge is 2.06. The van der Waals surface area contributed by atoms with Crippen LogP contribution in [0.4, 0.5) is 0 Å². The van der Waals surface area contributed by atoms with Gasteiger partial charge in [-0.05, 0) is 33.9 Å². The minimum absolute atomic E-state index is 0.156. The molecule has 1 amide bonds. The van der Waals surface area contributed by atoms with Crippen molar-refractivity contribution in [2.45, 2.75) is 13.2 Å².